The summed E-state index contributed by atoms with van der Waals surface area (Å²) in [6, 6.07) is 50.9. The van der Waals surface area contributed by atoms with Crippen LogP contribution in [0.4, 0.5) is 0 Å². The molecule has 2 heterocycles. The fourth-order valence-corrected chi connectivity index (χ4v) is 10.5. The van der Waals surface area contributed by atoms with Crippen molar-refractivity contribution < 1.29 is 4.57 Å². The number of hydrogen-bond donors (Lipinski definition) is 0. The Hall–Kier alpha value is -4.91. The first-order valence-electron chi connectivity index (χ1n) is 14.0. The van der Waals surface area contributed by atoms with Crippen molar-refractivity contribution in [3.05, 3.63) is 146 Å². The molecule has 0 N–H and O–H groups in total. The molecule has 41 heavy (non-hydrogen) atoms. The summed E-state index contributed by atoms with van der Waals surface area (Å²) in [5, 5.41) is 9.62. The van der Waals surface area contributed by atoms with E-state index in [0.717, 1.165) is 65.3 Å². The summed E-state index contributed by atoms with van der Waals surface area (Å²) in [6.45, 7) is 0. The van der Waals surface area contributed by atoms with Crippen LogP contribution in [-0.4, -0.2) is 4.57 Å². The third-order valence-electron chi connectivity index (χ3n) is 8.74. The van der Waals surface area contributed by atoms with Gasteiger partial charge >= 0.3 is 0 Å². The van der Waals surface area contributed by atoms with Crippen LogP contribution in [0.2, 0.25) is 0 Å². The molecule has 0 saturated carbocycles. The first-order chi connectivity index (χ1) is 20.2. The van der Waals surface area contributed by atoms with Crippen LogP contribution in [-0.2, 0) is 4.57 Å². The van der Waals surface area contributed by atoms with E-state index in [-0.39, 0.29) is 0 Å². The molecule has 1 aromatic heterocycles. The molecule has 0 amide bonds. The van der Waals surface area contributed by atoms with Gasteiger partial charge in [-0.05, 0) is 56.9 Å². The highest BCUT2D eigenvalue weighted by Gasteiger charge is 2.43. The number of rotatable bonds is 2. The molecule has 1 atom stereocenters. The number of para-hydroxylation sites is 1. The number of fused-ring (bicyclic) bond motifs is 10. The van der Waals surface area contributed by atoms with Crippen molar-refractivity contribution in [3.8, 4) is 16.8 Å². The van der Waals surface area contributed by atoms with E-state index in [1.807, 2.05) is 30.3 Å². The molecule has 0 bridgehead atoms. The van der Waals surface area contributed by atoms with Gasteiger partial charge in [-0.2, -0.15) is 0 Å². The van der Waals surface area contributed by atoms with Crippen LogP contribution in [0.5, 0.6) is 0 Å². The first-order valence-corrected chi connectivity index (χ1v) is 15.7. The molecule has 1 aliphatic rings. The van der Waals surface area contributed by atoms with Gasteiger partial charge in [-0.3, -0.25) is 0 Å². The summed E-state index contributed by atoms with van der Waals surface area (Å²) in [5.74, 6) is 0. The number of benzene rings is 7. The van der Waals surface area contributed by atoms with Crippen molar-refractivity contribution in [3.63, 3.8) is 0 Å². The van der Waals surface area contributed by atoms with Gasteiger partial charge in [-0.1, -0.05) is 121 Å². The molecule has 3 heteroatoms. The number of hydrogen-bond acceptors (Lipinski definition) is 1. The Morgan fingerprint density at radius 1 is 0.463 bits per heavy atom. The zero-order valence-corrected chi connectivity index (χ0v) is 23.1. The molecule has 1 aliphatic heterocycles. The van der Waals surface area contributed by atoms with Crippen LogP contribution in [0.15, 0.2) is 146 Å². The zero-order chi connectivity index (χ0) is 27.1. The van der Waals surface area contributed by atoms with Crippen LogP contribution < -0.4 is 15.9 Å². The monoisotopic (exact) mass is 541 g/mol. The van der Waals surface area contributed by atoms with Gasteiger partial charge in [0.1, 0.15) is 0 Å². The standard InChI is InChI=1S/C38H24NOP/c40-41(29-13-2-1-3-14-29)37-30-15-7-6-11-26(30)19-21-31(37)32-22-23-35-36(38(32)41)33-16-8-9-17-34(33)39(35)28-20-18-25-10-4-5-12-27(25)24-28/h1-24H. The maximum atomic E-state index is 16.0. The predicted octanol–water partition coefficient (Wildman–Crippen LogP) is 8.71. The summed E-state index contributed by atoms with van der Waals surface area (Å²) >= 11 is 0. The zero-order valence-electron chi connectivity index (χ0n) is 22.2. The van der Waals surface area contributed by atoms with E-state index in [4.69, 9.17) is 0 Å². The maximum Gasteiger partial charge on any atom is 0.173 e. The third-order valence-corrected chi connectivity index (χ3v) is 12.0. The fraction of sp³-hybridized carbons (Fsp3) is 0. The smallest absolute Gasteiger partial charge is 0.173 e. The second-order valence-corrected chi connectivity index (χ2v) is 13.5. The van der Waals surface area contributed by atoms with Crippen molar-refractivity contribution in [1.29, 1.82) is 0 Å². The van der Waals surface area contributed by atoms with Gasteiger partial charge in [-0.15, -0.1) is 0 Å². The second kappa shape index (κ2) is 8.30. The van der Waals surface area contributed by atoms with Crippen molar-refractivity contribution >= 4 is 66.4 Å². The molecule has 0 aliphatic carbocycles. The highest BCUT2D eigenvalue weighted by Crippen LogP contribution is 2.56. The van der Waals surface area contributed by atoms with Gasteiger partial charge in [0.15, 0.2) is 7.14 Å². The van der Waals surface area contributed by atoms with E-state index in [9.17, 15) is 0 Å². The maximum absolute atomic E-state index is 16.0. The SMILES string of the molecule is O=P1(c2ccccc2)c2c(ccc3ccccc23)-c2ccc3c(c21)c1ccccc1n3-c1ccc2ccccc2c1. The first kappa shape index (κ1) is 22.9. The molecule has 7 aromatic carbocycles. The van der Waals surface area contributed by atoms with Crippen molar-refractivity contribution in [2.24, 2.45) is 0 Å². The highest BCUT2D eigenvalue weighted by molar-refractivity contribution is 7.87. The molecular formula is C38H24NOP. The molecule has 2 nitrogen and oxygen atoms in total. The van der Waals surface area contributed by atoms with Gasteiger partial charge in [0.25, 0.3) is 0 Å². The van der Waals surface area contributed by atoms with Crippen LogP contribution in [0.1, 0.15) is 0 Å². The molecular weight excluding hydrogens is 517 g/mol. The van der Waals surface area contributed by atoms with E-state index in [0.29, 0.717) is 0 Å². The van der Waals surface area contributed by atoms with Gasteiger partial charge < -0.3 is 9.13 Å². The van der Waals surface area contributed by atoms with Gasteiger partial charge in [-0.25, -0.2) is 0 Å². The molecule has 192 valence electrons. The minimum atomic E-state index is -3.23. The molecule has 0 saturated heterocycles. The minimum absolute atomic E-state index is 0.881. The highest BCUT2D eigenvalue weighted by atomic mass is 31.2. The van der Waals surface area contributed by atoms with E-state index in [1.165, 1.54) is 10.8 Å². The molecule has 0 radical (unpaired) electrons. The van der Waals surface area contributed by atoms with E-state index >= 15 is 4.57 Å². The van der Waals surface area contributed by atoms with Crippen LogP contribution in [0.25, 0.3) is 60.2 Å². The van der Waals surface area contributed by atoms with Crippen LogP contribution in [0.3, 0.4) is 0 Å². The second-order valence-electron chi connectivity index (χ2n) is 10.9. The Balaban J connectivity index is 1.47. The normalized spacial score (nSPS) is 16.0. The quantitative estimate of drug-likeness (QED) is 0.201. The fourth-order valence-electron chi connectivity index (χ4n) is 7.00. The Morgan fingerprint density at radius 3 is 1.95 bits per heavy atom. The molecule has 9 rings (SSSR count). The summed E-state index contributed by atoms with van der Waals surface area (Å²) in [6.07, 6.45) is 0. The van der Waals surface area contributed by atoms with Gasteiger partial charge in [0.05, 0.1) is 11.0 Å². The lowest BCUT2D eigenvalue weighted by Gasteiger charge is -2.18. The average Bonchev–Trinajstić information content (AvgIpc) is 3.51. The van der Waals surface area contributed by atoms with E-state index in [2.05, 4.69) is 120 Å². The van der Waals surface area contributed by atoms with Crippen molar-refractivity contribution in [1.82, 2.24) is 4.57 Å². The Labute approximate surface area is 237 Å². The summed E-state index contributed by atoms with van der Waals surface area (Å²) in [4.78, 5) is 0. The van der Waals surface area contributed by atoms with Crippen molar-refractivity contribution in [2.75, 3.05) is 0 Å². The van der Waals surface area contributed by atoms with Crippen LogP contribution >= 0.6 is 7.14 Å². The lowest BCUT2D eigenvalue weighted by atomic mass is 9.99. The molecule has 0 spiro atoms. The topological polar surface area (TPSA) is 22.0 Å². The summed E-state index contributed by atoms with van der Waals surface area (Å²) in [7, 11) is -3.23. The van der Waals surface area contributed by atoms with Gasteiger partial charge in [0.2, 0.25) is 0 Å². The Morgan fingerprint density at radius 2 is 1.10 bits per heavy atom. The molecule has 1 unspecified atom stereocenters. The number of nitrogens with zero attached hydrogens (tertiary/aromatic N) is 1. The Kier molecular flexibility index (Phi) is 4.63. The van der Waals surface area contributed by atoms with E-state index < -0.39 is 7.14 Å². The average molecular weight is 542 g/mol. The largest absolute Gasteiger partial charge is 0.309 e. The third kappa shape index (κ3) is 3.00. The van der Waals surface area contributed by atoms with Crippen molar-refractivity contribution in [2.45, 2.75) is 0 Å². The molecule has 0 fully saturated rings. The summed E-state index contributed by atoms with van der Waals surface area (Å²) in [5.41, 5.74) is 5.45. The predicted molar refractivity (Wildman–Crippen MR) is 174 cm³/mol. The lowest BCUT2D eigenvalue weighted by Crippen LogP contribution is -2.22. The van der Waals surface area contributed by atoms with Crippen LogP contribution in [0, 0.1) is 0 Å². The number of aromatic nitrogens is 1. The molecule has 8 aromatic rings. The minimum Gasteiger partial charge on any atom is -0.309 e. The lowest BCUT2D eigenvalue weighted by molar-refractivity contribution is 0.593. The summed E-state index contributed by atoms with van der Waals surface area (Å²) < 4.78 is 18.4. The van der Waals surface area contributed by atoms with E-state index in [1.54, 1.807) is 0 Å². The van der Waals surface area contributed by atoms with Gasteiger partial charge in [0, 0.05) is 32.4 Å². The Bertz CT molecular complexity index is 2400.